The number of ether oxygens (including phenoxy) is 1. The second-order valence-corrected chi connectivity index (χ2v) is 9.87. The molecular weight excluding hydrogens is 382 g/mol. The van der Waals surface area contributed by atoms with Gasteiger partial charge in [-0.25, -0.2) is 9.97 Å². The minimum atomic E-state index is 0.239. The molecule has 0 radical (unpaired) electrons. The van der Waals surface area contributed by atoms with Crippen molar-refractivity contribution < 1.29 is 4.74 Å². The van der Waals surface area contributed by atoms with Crippen molar-refractivity contribution in [2.75, 3.05) is 6.61 Å². The number of rotatable bonds is 12. The van der Waals surface area contributed by atoms with Crippen LogP contribution in [0.15, 0.2) is 12.4 Å². The average Bonchev–Trinajstić information content (AvgIpc) is 2.83. The van der Waals surface area contributed by atoms with Crippen LogP contribution in [0.3, 0.4) is 0 Å². The Morgan fingerprint density at radius 1 is 0.806 bits per heavy atom. The molecule has 0 N–H and O–H groups in total. The molecule has 0 bridgehead atoms. The summed E-state index contributed by atoms with van der Waals surface area (Å²) in [7, 11) is 0. The standard InChI is InChI=1S/C27H43N3O/c1-2-3-4-5-6-7-8-9-18-31-26-16-14-23(15-17-26)25-20-29-27(30-21-25)24-12-10-22(19-28)11-13-24/h20-24,26H,2-18H2,1H3. The molecule has 0 aliphatic heterocycles. The second kappa shape index (κ2) is 13.8. The lowest BCUT2D eigenvalue weighted by Gasteiger charge is -2.29. The van der Waals surface area contributed by atoms with Gasteiger partial charge in [0, 0.05) is 30.8 Å². The zero-order valence-corrected chi connectivity index (χ0v) is 19.7. The molecule has 2 aliphatic rings. The molecular formula is C27H43N3O. The quantitative estimate of drug-likeness (QED) is 0.326. The van der Waals surface area contributed by atoms with Gasteiger partial charge in [0.2, 0.25) is 0 Å². The monoisotopic (exact) mass is 425 g/mol. The first kappa shape index (κ1) is 24.2. The number of nitrogens with zero attached hydrogens (tertiary/aromatic N) is 3. The Morgan fingerprint density at radius 2 is 1.39 bits per heavy atom. The summed E-state index contributed by atoms with van der Waals surface area (Å²) < 4.78 is 6.17. The van der Waals surface area contributed by atoms with Crippen molar-refractivity contribution in [3.63, 3.8) is 0 Å². The largest absolute Gasteiger partial charge is 0.378 e. The molecule has 172 valence electrons. The molecule has 0 saturated heterocycles. The number of nitriles is 1. The third-order valence-electron chi connectivity index (χ3n) is 7.46. The van der Waals surface area contributed by atoms with Gasteiger partial charge in [0.1, 0.15) is 5.82 Å². The van der Waals surface area contributed by atoms with Crippen molar-refractivity contribution >= 4 is 0 Å². The van der Waals surface area contributed by atoms with Gasteiger partial charge in [-0.05, 0) is 69.3 Å². The first-order valence-electron chi connectivity index (χ1n) is 13.1. The molecule has 1 aromatic heterocycles. The van der Waals surface area contributed by atoms with E-state index < -0.39 is 0 Å². The highest BCUT2D eigenvalue weighted by atomic mass is 16.5. The number of hydrogen-bond donors (Lipinski definition) is 0. The van der Waals surface area contributed by atoms with Crippen molar-refractivity contribution in [1.82, 2.24) is 9.97 Å². The Bertz CT molecular complexity index is 637. The normalized spacial score (nSPS) is 26.5. The number of unbranched alkanes of at least 4 members (excludes halogenated alkanes) is 7. The topological polar surface area (TPSA) is 58.8 Å². The predicted octanol–water partition coefficient (Wildman–Crippen LogP) is 7.46. The van der Waals surface area contributed by atoms with E-state index in [0.717, 1.165) is 38.1 Å². The maximum atomic E-state index is 9.07. The van der Waals surface area contributed by atoms with Gasteiger partial charge in [0.25, 0.3) is 0 Å². The van der Waals surface area contributed by atoms with Crippen molar-refractivity contribution in [3.8, 4) is 6.07 Å². The maximum Gasteiger partial charge on any atom is 0.131 e. The Balaban J connectivity index is 1.28. The maximum absolute atomic E-state index is 9.07. The van der Waals surface area contributed by atoms with Crippen LogP contribution in [0, 0.1) is 17.2 Å². The second-order valence-electron chi connectivity index (χ2n) is 9.87. The fourth-order valence-corrected chi connectivity index (χ4v) is 5.30. The van der Waals surface area contributed by atoms with Gasteiger partial charge in [0.05, 0.1) is 12.2 Å². The van der Waals surface area contributed by atoms with Crippen LogP contribution < -0.4 is 0 Å². The highest BCUT2D eigenvalue weighted by Gasteiger charge is 2.26. The molecule has 0 aromatic carbocycles. The Kier molecular flexibility index (Phi) is 10.8. The molecule has 2 saturated carbocycles. The van der Waals surface area contributed by atoms with Crippen LogP contribution >= 0.6 is 0 Å². The van der Waals surface area contributed by atoms with Gasteiger partial charge in [0.15, 0.2) is 0 Å². The van der Waals surface area contributed by atoms with Crippen LogP contribution in [0.5, 0.6) is 0 Å². The highest BCUT2D eigenvalue weighted by molar-refractivity contribution is 5.14. The van der Waals surface area contributed by atoms with Gasteiger partial charge in [-0.1, -0.05) is 51.9 Å². The summed E-state index contributed by atoms with van der Waals surface area (Å²) in [5.41, 5.74) is 1.30. The molecule has 0 amide bonds. The first-order valence-corrected chi connectivity index (χ1v) is 13.1. The minimum Gasteiger partial charge on any atom is -0.378 e. The molecule has 4 heteroatoms. The first-order chi connectivity index (χ1) is 15.3. The summed E-state index contributed by atoms with van der Waals surface area (Å²) in [6.45, 7) is 3.22. The van der Waals surface area contributed by atoms with Crippen molar-refractivity contribution in [1.29, 1.82) is 5.26 Å². The molecule has 0 spiro atoms. The molecule has 0 unspecified atom stereocenters. The molecule has 3 rings (SSSR count). The summed E-state index contributed by atoms with van der Waals surface area (Å²) >= 11 is 0. The van der Waals surface area contributed by atoms with Gasteiger partial charge in [-0.3, -0.25) is 0 Å². The van der Waals surface area contributed by atoms with Crippen LogP contribution in [0.1, 0.15) is 133 Å². The van der Waals surface area contributed by atoms with Gasteiger partial charge in [-0.2, -0.15) is 5.26 Å². The molecule has 2 fully saturated rings. The van der Waals surface area contributed by atoms with E-state index in [4.69, 9.17) is 20.0 Å². The number of hydrogen-bond acceptors (Lipinski definition) is 4. The zero-order valence-electron chi connectivity index (χ0n) is 19.7. The van der Waals surface area contributed by atoms with E-state index in [1.54, 1.807) is 0 Å². The van der Waals surface area contributed by atoms with Gasteiger partial charge >= 0.3 is 0 Å². The van der Waals surface area contributed by atoms with Crippen molar-refractivity contribution in [3.05, 3.63) is 23.8 Å². The highest BCUT2D eigenvalue weighted by Crippen LogP contribution is 2.36. The van der Waals surface area contributed by atoms with E-state index in [1.807, 2.05) is 0 Å². The molecule has 1 heterocycles. The summed E-state index contributed by atoms with van der Waals surface area (Å²) in [4.78, 5) is 9.45. The van der Waals surface area contributed by atoms with E-state index in [-0.39, 0.29) is 5.92 Å². The molecule has 1 aromatic rings. The van der Waals surface area contributed by atoms with Crippen LogP contribution in [-0.2, 0) is 4.74 Å². The van der Waals surface area contributed by atoms with Crippen LogP contribution in [-0.4, -0.2) is 22.7 Å². The van der Waals surface area contributed by atoms with Crippen molar-refractivity contribution in [2.24, 2.45) is 5.92 Å². The van der Waals surface area contributed by atoms with Crippen LogP contribution in [0.25, 0.3) is 0 Å². The lowest BCUT2D eigenvalue weighted by Crippen LogP contribution is -2.21. The lowest BCUT2D eigenvalue weighted by atomic mass is 9.82. The SMILES string of the molecule is CCCCCCCCCCOC1CCC(c2cnc(C3CCC(C#N)CC3)nc2)CC1. The molecule has 0 atom stereocenters. The van der Waals surface area contributed by atoms with E-state index in [0.29, 0.717) is 17.9 Å². The lowest BCUT2D eigenvalue weighted by molar-refractivity contribution is 0.0225. The van der Waals surface area contributed by atoms with E-state index in [2.05, 4.69) is 25.4 Å². The third-order valence-corrected chi connectivity index (χ3v) is 7.46. The zero-order chi connectivity index (χ0) is 21.7. The smallest absolute Gasteiger partial charge is 0.131 e. The number of aromatic nitrogens is 2. The Labute approximate surface area is 190 Å². The van der Waals surface area contributed by atoms with E-state index in [1.165, 1.54) is 82.6 Å². The summed E-state index contributed by atoms with van der Waals surface area (Å²) in [5, 5.41) is 9.07. The van der Waals surface area contributed by atoms with E-state index in [9.17, 15) is 0 Å². The summed E-state index contributed by atoms with van der Waals surface area (Å²) in [5.74, 6) is 2.26. The van der Waals surface area contributed by atoms with Crippen LogP contribution in [0.2, 0.25) is 0 Å². The molecule has 31 heavy (non-hydrogen) atoms. The molecule has 2 aliphatic carbocycles. The fraction of sp³-hybridized carbons (Fsp3) is 0.815. The van der Waals surface area contributed by atoms with E-state index >= 15 is 0 Å². The summed E-state index contributed by atoms with van der Waals surface area (Å²) in [6, 6.07) is 2.41. The van der Waals surface area contributed by atoms with Gasteiger partial charge in [-0.15, -0.1) is 0 Å². The Morgan fingerprint density at radius 3 is 2.00 bits per heavy atom. The third kappa shape index (κ3) is 8.19. The summed E-state index contributed by atoms with van der Waals surface area (Å²) in [6.07, 6.45) is 24.3. The van der Waals surface area contributed by atoms with Crippen molar-refractivity contribution in [2.45, 2.75) is 128 Å². The Hall–Kier alpha value is -1.47. The van der Waals surface area contributed by atoms with Gasteiger partial charge < -0.3 is 4.74 Å². The fourth-order valence-electron chi connectivity index (χ4n) is 5.30. The van der Waals surface area contributed by atoms with Crippen LogP contribution in [0.4, 0.5) is 0 Å². The molecule has 4 nitrogen and oxygen atoms in total. The predicted molar refractivity (Wildman–Crippen MR) is 126 cm³/mol. The average molecular weight is 426 g/mol. The minimum absolute atomic E-state index is 0.239.